The molecular weight excluding hydrogens is 222 g/mol. The summed E-state index contributed by atoms with van der Waals surface area (Å²) in [7, 11) is 0. The van der Waals surface area contributed by atoms with E-state index in [0.717, 1.165) is 12.3 Å². The first-order valence-corrected chi connectivity index (χ1v) is 4.20. The molecule has 15 heavy (non-hydrogen) atoms. The molecule has 0 N–H and O–H groups in total. The van der Waals surface area contributed by atoms with Gasteiger partial charge >= 0.3 is 5.97 Å². The van der Waals surface area contributed by atoms with Crippen molar-refractivity contribution < 1.29 is 14.5 Å². The summed E-state index contributed by atoms with van der Waals surface area (Å²) in [5, 5.41) is 10.5. The van der Waals surface area contributed by atoms with Crippen molar-refractivity contribution in [1.82, 2.24) is 0 Å². The van der Waals surface area contributed by atoms with Crippen LogP contribution >= 0.6 is 11.6 Å². The summed E-state index contributed by atoms with van der Waals surface area (Å²) in [5.74, 6) is -0.779. The Labute approximate surface area is 90.1 Å². The number of hydrogen-bond acceptors (Lipinski definition) is 4. The Morgan fingerprint density at radius 2 is 2.27 bits per heavy atom. The summed E-state index contributed by atoms with van der Waals surface area (Å²) in [6.45, 7) is 3.19. The lowest BCUT2D eigenvalue weighted by Crippen LogP contribution is -2.02. The molecule has 1 rings (SSSR count). The van der Waals surface area contributed by atoms with Crippen LogP contribution in [0.5, 0.6) is 0 Å². The van der Waals surface area contributed by atoms with E-state index >= 15 is 0 Å². The first kappa shape index (κ1) is 11.2. The number of nitro groups is 1. The second-order valence-corrected chi connectivity index (χ2v) is 2.90. The minimum Gasteiger partial charge on any atom is -0.431 e. The molecule has 0 atom stereocenters. The molecule has 5 nitrogen and oxygen atoms in total. The molecule has 0 fully saturated rings. The van der Waals surface area contributed by atoms with Crippen molar-refractivity contribution in [2.24, 2.45) is 0 Å². The summed E-state index contributed by atoms with van der Waals surface area (Å²) in [4.78, 5) is 21.1. The van der Waals surface area contributed by atoms with Crippen LogP contribution in [0.1, 0.15) is 10.4 Å². The summed E-state index contributed by atoms with van der Waals surface area (Å²) >= 11 is 5.67. The molecule has 0 saturated heterocycles. The standard InChI is InChI=1S/C9H6ClNO4/c1-2-15-9(12)7-5-6(11(13)14)3-4-8(7)10/h2-5H,1H2. The van der Waals surface area contributed by atoms with Gasteiger partial charge in [-0.15, -0.1) is 0 Å². The van der Waals surface area contributed by atoms with E-state index in [9.17, 15) is 14.9 Å². The van der Waals surface area contributed by atoms with Gasteiger partial charge in [0.25, 0.3) is 5.69 Å². The maximum atomic E-state index is 11.2. The molecular formula is C9H6ClNO4. The van der Waals surface area contributed by atoms with Gasteiger partial charge in [-0.25, -0.2) is 4.79 Å². The zero-order valence-electron chi connectivity index (χ0n) is 7.47. The normalized spacial score (nSPS) is 9.40. The molecule has 78 valence electrons. The topological polar surface area (TPSA) is 69.4 Å². The maximum Gasteiger partial charge on any atom is 0.344 e. The van der Waals surface area contributed by atoms with Crippen molar-refractivity contribution >= 4 is 23.3 Å². The van der Waals surface area contributed by atoms with Crippen LogP contribution in [0.15, 0.2) is 31.0 Å². The lowest BCUT2D eigenvalue weighted by atomic mass is 10.2. The van der Waals surface area contributed by atoms with Crippen LogP contribution in [0.25, 0.3) is 0 Å². The highest BCUT2D eigenvalue weighted by Gasteiger charge is 2.16. The number of rotatable bonds is 3. The van der Waals surface area contributed by atoms with Crippen LogP contribution in [0.2, 0.25) is 5.02 Å². The van der Waals surface area contributed by atoms with E-state index in [-0.39, 0.29) is 16.3 Å². The maximum absolute atomic E-state index is 11.2. The van der Waals surface area contributed by atoms with E-state index in [1.165, 1.54) is 12.1 Å². The van der Waals surface area contributed by atoms with Crippen molar-refractivity contribution in [2.75, 3.05) is 0 Å². The van der Waals surface area contributed by atoms with Gasteiger partial charge in [-0.3, -0.25) is 10.1 Å². The quantitative estimate of drug-likeness (QED) is 0.344. The third-order valence-electron chi connectivity index (χ3n) is 1.57. The average Bonchev–Trinajstić information content (AvgIpc) is 2.18. The SMILES string of the molecule is C=COC(=O)c1cc([N+](=O)[O-])ccc1Cl. The van der Waals surface area contributed by atoms with Gasteiger partial charge < -0.3 is 4.74 Å². The molecule has 0 radical (unpaired) electrons. The molecule has 0 aromatic heterocycles. The van der Waals surface area contributed by atoms with E-state index in [0.29, 0.717) is 0 Å². The number of esters is 1. The Morgan fingerprint density at radius 1 is 1.60 bits per heavy atom. The molecule has 0 aliphatic carbocycles. The van der Waals surface area contributed by atoms with Gasteiger partial charge in [0.15, 0.2) is 0 Å². The Morgan fingerprint density at radius 3 is 2.80 bits per heavy atom. The molecule has 0 unspecified atom stereocenters. The van der Waals surface area contributed by atoms with Crippen LogP contribution in [-0.4, -0.2) is 10.9 Å². The molecule has 1 aromatic rings. The van der Waals surface area contributed by atoms with E-state index in [1.54, 1.807) is 0 Å². The van der Waals surface area contributed by atoms with Gasteiger partial charge in [0.2, 0.25) is 0 Å². The largest absolute Gasteiger partial charge is 0.431 e. The molecule has 0 aliphatic heterocycles. The number of carbonyl (C=O) groups excluding carboxylic acids is 1. The average molecular weight is 228 g/mol. The second-order valence-electron chi connectivity index (χ2n) is 2.49. The molecule has 6 heteroatoms. The third kappa shape index (κ3) is 2.54. The van der Waals surface area contributed by atoms with Gasteiger partial charge in [0.1, 0.15) is 0 Å². The first-order chi connectivity index (χ1) is 7.06. The minimum absolute atomic E-state index is 0.0641. The van der Waals surface area contributed by atoms with Crippen molar-refractivity contribution in [2.45, 2.75) is 0 Å². The van der Waals surface area contributed by atoms with Crippen molar-refractivity contribution in [1.29, 1.82) is 0 Å². The smallest absolute Gasteiger partial charge is 0.344 e. The number of benzene rings is 1. The van der Waals surface area contributed by atoms with Crippen molar-refractivity contribution in [3.63, 3.8) is 0 Å². The molecule has 0 aliphatic rings. The molecule has 0 spiro atoms. The number of halogens is 1. The van der Waals surface area contributed by atoms with Crippen LogP contribution in [0.3, 0.4) is 0 Å². The monoisotopic (exact) mass is 227 g/mol. The number of non-ortho nitro benzene ring substituents is 1. The highest BCUT2D eigenvalue weighted by molar-refractivity contribution is 6.33. The Bertz CT molecular complexity index is 430. The number of nitrogens with zero attached hydrogens (tertiary/aromatic N) is 1. The van der Waals surface area contributed by atoms with Crippen LogP contribution < -0.4 is 0 Å². The fourth-order valence-corrected chi connectivity index (χ4v) is 1.12. The summed E-state index contributed by atoms with van der Waals surface area (Å²) < 4.78 is 4.46. The number of nitro benzene ring substituents is 1. The van der Waals surface area contributed by atoms with Gasteiger partial charge in [-0.1, -0.05) is 18.2 Å². The lowest BCUT2D eigenvalue weighted by Gasteiger charge is -2.01. The van der Waals surface area contributed by atoms with E-state index in [4.69, 9.17) is 11.6 Å². The van der Waals surface area contributed by atoms with E-state index in [2.05, 4.69) is 11.3 Å². The zero-order valence-corrected chi connectivity index (χ0v) is 8.23. The lowest BCUT2D eigenvalue weighted by molar-refractivity contribution is -0.384. The number of hydrogen-bond donors (Lipinski definition) is 0. The van der Waals surface area contributed by atoms with Gasteiger partial charge in [-0.05, 0) is 6.07 Å². The fourth-order valence-electron chi connectivity index (χ4n) is 0.922. The highest BCUT2D eigenvalue weighted by Crippen LogP contribution is 2.22. The Kier molecular flexibility index (Phi) is 3.41. The molecule has 0 bridgehead atoms. The van der Waals surface area contributed by atoms with Crippen LogP contribution in [0, 0.1) is 10.1 Å². The summed E-state index contributed by atoms with van der Waals surface area (Å²) in [6.07, 6.45) is 0.928. The molecule has 0 amide bonds. The van der Waals surface area contributed by atoms with Crippen LogP contribution in [0.4, 0.5) is 5.69 Å². The van der Waals surface area contributed by atoms with Gasteiger partial charge in [0.05, 0.1) is 21.8 Å². The molecule has 0 saturated carbocycles. The molecule has 0 heterocycles. The third-order valence-corrected chi connectivity index (χ3v) is 1.90. The molecule has 1 aromatic carbocycles. The predicted octanol–water partition coefficient (Wildman–Crippen LogP) is 2.55. The second kappa shape index (κ2) is 4.56. The Balaban J connectivity index is 3.15. The fraction of sp³-hybridized carbons (Fsp3) is 0. The summed E-state index contributed by atoms with van der Waals surface area (Å²) in [5.41, 5.74) is -0.291. The van der Waals surface area contributed by atoms with E-state index < -0.39 is 10.9 Å². The van der Waals surface area contributed by atoms with Gasteiger partial charge in [0, 0.05) is 12.1 Å². The minimum atomic E-state index is -0.779. The van der Waals surface area contributed by atoms with Crippen molar-refractivity contribution in [3.8, 4) is 0 Å². The summed E-state index contributed by atoms with van der Waals surface area (Å²) in [6, 6.07) is 3.51. The van der Waals surface area contributed by atoms with Crippen molar-refractivity contribution in [3.05, 3.63) is 51.7 Å². The first-order valence-electron chi connectivity index (χ1n) is 3.82. The Hall–Kier alpha value is -1.88. The highest BCUT2D eigenvalue weighted by atomic mass is 35.5. The van der Waals surface area contributed by atoms with Crippen LogP contribution in [-0.2, 0) is 4.74 Å². The number of carbonyl (C=O) groups is 1. The predicted molar refractivity (Wildman–Crippen MR) is 53.7 cm³/mol. The van der Waals surface area contributed by atoms with Gasteiger partial charge in [-0.2, -0.15) is 0 Å². The zero-order chi connectivity index (χ0) is 11.4. The number of ether oxygens (including phenoxy) is 1. The van der Waals surface area contributed by atoms with E-state index in [1.807, 2.05) is 0 Å².